The van der Waals surface area contributed by atoms with Crippen LogP contribution in [0.5, 0.6) is 0 Å². The average molecular weight is 319 g/mol. The van der Waals surface area contributed by atoms with Gasteiger partial charge in [0.15, 0.2) is 0 Å². The molecule has 2 aromatic heterocycles. The van der Waals surface area contributed by atoms with Crippen LogP contribution in [0.4, 0.5) is 0 Å². The van der Waals surface area contributed by atoms with Gasteiger partial charge in [0.05, 0.1) is 30.5 Å². The molecule has 1 fully saturated rings. The molecule has 2 atom stereocenters. The zero-order valence-electron chi connectivity index (χ0n) is 13.4. The van der Waals surface area contributed by atoms with Crippen molar-refractivity contribution in [3.8, 4) is 0 Å². The lowest BCUT2D eigenvalue weighted by Gasteiger charge is -2.28. The summed E-state index contributed by atoms with van der Waals surface area (Å²) in [6, 6.07) is 0. The van der Waals surface area contributed by atoms with Gasteiger partial charge in [-0.3, -0.25) is 9.48 Å². The average Bonchev–Trinajstić information content (AvgIpc) is 3.15. The predicted octanol–water partition coefficient (Wildman–Crippen LogP) is 2.34. The Labute approximate surface area is 134 Å². The van der Waals surface area contributed by atoms with Gasteiger partial charge in [0, 0.05) is 23.9 Å². The summed E-state index contributed by atoms with van der Waals surface area (Å²) in [6.45, 7) is 5.06. The number of carboxylic acids is 1. The van der Waals surface area contributed by atoms with Crippen LogP contribution < -0.4 is 0 Å². The molecule has 2 aromatic rings. The first-order valence-corrected chi connectivity index (χ1v) is 7.91. The second kappa shape index (κ2) is 6.54. The largest absolute Gasteiger partial charge is 0.481 e. The summed E-state index contributed by atoms with van der Waals surface area (Å²) in [5, 5.41) is 17.8. The fourth-order valence-electron chi connectivity index (χ4n) is 3.06. The lowest BCUT2D eigenvalue weighted by molar-refractivity contribution is -0.151. The van der Waals surface area contributed by atoms with Crippen molar-refractivity contribution in [3.05, 3.63) is 35.0 Å². The summed E-state index contributed by atoms with van der Waals surface area (Å²) in [5.41, 5.74) is 2.77. The molecule has 1 aliphatic heterocycles. The quantitative estimate of drug-likeness (QED) is 0.909. The van der Waals surface area contributed by atoms with Crippen molar-refractivity contribution in [3.63, 3.8) is 0 Å². The molecule has 0 amide bonds. The molecular formula is C16H21N3O4. The van der Waals surface area contributed by atoms with E-state index in [2.05, 4.69) is 10.3 Å². The molecular weight excluding hydrogens is 298 g/mol. The highest BCUT2D eigenvalue weighted by molar-refractivity contribution is 5.71. The minimum atomic E-state index is -0.814. The molecule has 124 valence electrons. The summed E-state index contributed by atoms with van der Waals surface area (Å²) in [5.74, 6) is -0.535. The molecule has 0 bridgehead atoms. The summed E-state index contributed by atoms with van der Waals surface area (Å²) in [6.07, 6.45) is 5.34. The van der Waals surface area contributed by atoms with Crippen molar-refractivity contribution in [2.75, 3.05) is 6.61 Å². The Morgan fingerprint density at radius 1 is 1.52 bits per heavy atom. The highest BCUT2D eigenvalue weighted by Gasteiger charge is 2.33. The van der Waals surface area contributed by atoms with E-state index in [9.17, 15) is 9.90 Å². The maximum atomic E-state index is 11.4. The third-order valence-corrected chi connectivity index (χ3v) is 4.34. The van der Waals surface area contributed by atoms with Gasteiger partial charge < -0.3 is 14.4 Å². The Hall–Kier alpha value is -2.15. The predicted molar refractivity (Wildman–Crippen MR) is 81.0 cm³/mol. The number of nitrogens with zero attached hydrogens (tertiary/aromatic N) is 3. The highest BCUT2D eigenvalue weighted by atomic mass is 16.5. The fourth-order valence-corrected chi connectivity index (χ4v) is 3.06. The van der Waals surface area contributed by atoms with E-state index in [1.807, 2.05) is 20.0 Å². The van der Waals surface area contributed by atoms with Gasteiger partial charge in [-0.05, 0) is 26.2 Å². The molecule has 0 unspecified atom stereocenters. The number of ether oxygens (including phenoxy) is 1. The van der Waals surface area contributed by atoms with E-state index in [0.29, 0.717) is 19.6 Å². The molecule has 0 aromatic carbocycles. The van der Waals surface area contributed by atoms with Gasteiger partial charge in [-0.25, -0.2) is 0 Å². The molecule has 0 spiro atoms. The number of aliphatic carboxylic acids is 1. The molecule has 7 heteroatoms. The van der Waals surface area contributed by atoms with Crippen LogP contribution >= 0.6 is 0 Å². The summed E-state index contributed by atoms with van der Waals surface area (Å²) < 4.78 is 12.7. The molecule has 0 radical (unpaired) electrons. The molecule has 1 saturated heterocycles. The third-order valence-electron chi connectivity index (χ3n) is 4.34. The second-order valence-electron chi connectivity index (χ2n) is 5.87. The number of aromatic nitrogens is 3. The van der Waals surface area contributed by atoms with Crippen LogP contribution in [0, 0.1) is 12.8 Å². The molecule has 1 N–H and O–H groups in total. The van der Waals surface area contributed by atoms with E-state index < -0.39 is 18.0 Å². The maximum absolute atomic E-state index is 11.4. The Balaban J connectivity index is 1.80. The first-order valence-electron chi connectivity index (χ1n) is 7.91. The second-order valence-corrected chi connectivity index (χ2v) is 5.87. The first-order chi connectivity index (χ1) is 11.1. The van der Waals surface area contributed by atoms with Crippen molar-refractivity contribution >= 4 is 5.97 Å². The van der Waals surface area contributed by atoms with Gasteiger partial charge in [0.1, 0.15) is 5.76 Å². The number of rotatable bonds is 5. The molecule has 0 aliphatic carbocycles. The number of aryl methyl sites for hydroxylation is 2. The minimum absolute atomic E-state index is 0.427. The van der Waals surface area contributed by atoms with Gasteiger partial charge in [-0.1, -0.05) is 12.1 Å². The summed E-state index contributed by atoms with van der Waals surface area (Å²) >= 11 is 0. The lowest BCUT2D eigenvalue weighted by atomic mass is 9.91. The van der Waals surface area contributed by atoms with Crippen LogP contribution in [-0.2, 0) is 22.5 Å². The van der Waals surface area contributed by atoms with E-state index in [1.54, 1.807) is 10.9 Å². The minimum Gasteiger partial charge on any atom is -0.481 e. The van der Waals surface area contributed by atoms with Crippen LogP contribution in [0.1, 0.15) is 48.5 Å². The highest BCUT2D eigenvalue weighted by Crippen LogP contribution is 2.33. The Kier molecular flexibility index (Phi) is 4.47. The van der Waals surface area contributed by atoms with Gasteiger partial charge in [0.25, 0.3) is 0 Å². The molecule has 1 aliphatic rings. The standard InChI is InChI=1S/C16H21N3O4/c1-3-14-13(10(2)23-18-14)9-19-8-11(7-17-19)15-12(16(20)21)5-4-6-22-15/h7-8,12,15H,3-6,9H2,1-2H3,(H,20,21)/t12-,15+/m1/s1. The first kappa shape index (κ1) is 15.7. The van der Waals surface area contributed by atoms with Crippen molar-refractivity contribution in [1.29, 1.82) is 0 Å². The van der Waals surface area contributed by atoms with Gasteiger partial charge in [-0.15, -0.1) is 0 Å². The number of hydrogen-bond acceptors (Lipinski definition) is 5. The van der Waals surface area contributed by atoms with Crippen LogP contribution in [0.2, 0.25) is 0 Å². The van der Waals surface area contributed by atoms with Crippen molar-refractivity contribution in [1.82, 2.24) is 14.9 Å². The van der Waals surface area contributed by atoms with Gasteiger partial charge in [-0.2, -0.15) is 5.10 Å². The lowest BCUT2D eigenvalue weighted by Crippen LogP contribution is -2.28. The Morgan fingerprint density at radius 3 is 3.09 bits per heavy atom. The Bertz CT molecular complexity index is 691. The molecule has 7 nitrogen and oxygen atoms in total. The SMILES string of the molecule is CCc1noc(C)c1Cn1cc([C@@H]2OCCC[C@H]2C(=O)O)cn1. The van der Waals surface area contributed by atoms with Gasteiger partial charge >= 0.3 is 5.97 Å². The number of hydrogen-bond donors (Lipinski definition) is 1. The molecule has 3 rings (SSSR count). The van der Waals surface area contributed by atoms with E-state index >= 15 is 0 Å². The summed E-state index contributed by atoms with van der Waals surface area (Å²) in [7, 11) is 0. The normalized spacial score (nSPS) is 21.5. The third kappa shape index (κ3) is 3.14. The fraction of sp³-hybridized carbons (Fsp3) is 0.562. The summed E-state index contributed by atoms with van der Waals surface area (Å²) in [4.78, 5) is 11.4. The maximum Gasteiger partial charge on any atom is 0.309 e. The van der Waals surface area contributed by atoms with Gasteiger partial charge in [0.2, 0.25) is 0 Å². The zero-order chi connectivity index (χ0) is 16.4. The van der Waals surface area contributed by atoms with E-state index in [1.165, 1.54) is 0 Å². The van der Waals surface area contributed by atoms with Crippen molar-refractivity contribution < 1.29 is 19.2 Å². The monoisotopic (exact) mass is 319 g/mol. The van der Waals surface area contributed by atoms with Crippen LogP contribution in [0.3, 0.4) is 0 Å². The van der Waals surface area contributed by atoms with Crippen LogP contribution in [0.25, 0.3) is 0 Å². The van der Waals surface area contributed by atoms with E-state index in [0.717, 1.165) is 35.4 Å². The van der Waals surface area contributed by atoms with E-state index in [-0.39, 0.29) is 0 Å². The van der Waals surface area contributed by atoms with Crippen molar-refractivity contribution in [2.24, 2.45) is 5.92 Å². The van der Waals surface area contributed by atoms with Crippen LogP contribution in [0.15, 0.2) is 16.9 Å². The van der Waals surface area contributed by atoms with Crippen molar-refractivity contribution in [2.45, 2.75) is 45.8 Å². The van der Waals surface area contributed by atoms with E-state index in [4.69, 9.17) is 9.26 Å². The topological polar surface area (TPSA) is 90.4 Å². The molecule has 23 heavy (non-hydrogen) atoms. The Morgan fingerprint density at radius 2 is 2.35 bits per heavy atom. The molecule has 0 saturated carbocycles. The smallest absolute Gasteiger partial charge is 0.309 e. The zero-order valence-corrected chi connectivity index (χ0v) is 13.4. The number of carboxylic acid groups (broad SMARTS) is 1. The molecule has 3 heterocycles. The van der Waals surface area contributed by atoms with Crippen LogP contribution in [-0.4, -0.2) is 32.6 Å². The number of carbonyl (C=O) groups is 1.